The molecule has 0 bridgehead atoms. The monoisotopic (exact) mass is 412 g/mol. The lowest BCUT2D eigenvalue weighted by molar-refractivity contribution is -0.384. The van der Waals surface area contributed by atoms with Crippen LogP contribution in [-0.2, 0) is 4.74 Å². The largest absolute Gasteiger partial charge is 0.514 e. The first-order valence-corrected chi connectivity index (χ1v) is 8.36. The summed E-state index contributed by atoms with van der Waals surface area (Å²) in [6, 6.07) is 7.67. The molecule has 10 heteroatoms. The zero-order valence-electron chi connectivity index (χ0n) is 14.2. The summed E-state index contributed by atoms with van der Waals surface area (Å²) in [4.78, 5) is 34.4. The molecule has 0 saturated carbocycles. The first-order chi connectivity index (χ1) is 12.7. The average molecular weight is 413 g/mol. The van der Waals surface area contributed by atoms with Crippen LogP contribution in [0.15, 0.2) is 36.4 Å². The van der Waals surface area contributed by atoms with E-state index in [9.17, 15) is 19.7 Å². The smallest absolute Gasteiger partial charge is 0.431 e. The average Bonchev–Trinajstić information content (AvgIpc) is 2.57. The Balaban J connectivity index is 2.26. The van der Waals surface area contributed by atoms with Gasteiger partial charge in [-0.1, -0.05) is 23.2 Å². The first kappa shape index (κ1) is 20.5. The van der Waals surface area contributed by atoms with E-state index >= 15 is 0 Å². The number of nitro groups is 1. The third-order valence-electron chi connectivity index (χ3n) is 3.12. The highest BCUT2D eigenvalue weighted by atomic mass is 35.5. The van der Waals surface area contributed by atoms with Gasteiger partial charge in [0.05, 0.1) is 27.3 Å². The van der Waals surface area contributed by atoms with Gasteiger partial charge in [-0.2, -0.15) is 0 Å². The molecule has 0 spiro atoms. The van der Waals surface area contributed by atoms with Gasteiger partial charge in [-0.25, -0.2) is 4.79 Å². The minimum Gasteiger partial charge on any atom is -0.431 e. The molecule has 0 aromatic heterocycles. The molecular weight excluding hydrogens is 399 g/mol. The fourth-order valence-corrected chi connectivity index (χ4v) is 2.38. The normalized spacial score (nSPS) is 10.4. The Hall–Kier alpha value is -2.84. The highest BCUT2D eigenvalue weighted by molar-refractivity contribution is 6.34. The minimum atomic E-state index is -0.977. The number of nitrogens with one attached hydrogen (secondary N) is 1. The minimum absolute atomic E-state index is 0.0266. The summed E-state index contributed by atoms with van der Waals surface area (Å²) in [6.45, 7) is 3.29. The van der Waals surface area contributed by atoms with Gasteiger partial charge in [-0.15, -0.1) is 0 Å². The van der Waals surface area contributed by atoms with Crippen LogP contribution in [0.4, 0.5) is 16.2 Å². The summed E-state index contributed by atoms with van der Waals surface area (Å²) in [5.41, 5.74) is -0.123. The Kier molecular flexibility index (Phi) is 6.59. The number of nitro benzene ring substituents is 1. The first-order valence-electron chi connectivity index (χ1n) is 7.60. The lowest BCUT2D eigenvalue weighted by Gasteiger charge is -2.13. The predicted octanol–water partition coefficient (Wildman–Crippen LogP) is 5.08. The molecule has 0 heterocycles. The Labute approximate surface area is 164 Å². The molecule has 2 aromatic rings. The van der Waals surface area contributed by atoms with Gasteiger partial charge in [0, 0.05) is 17.2 Å². The van der Waals surface area contributed by atoms with Crippen LogP contribution in [0.3, 0.4) is 0 Å². The van der Waals surface area contributed by atoms with E-state index in [0.717, 1.165) is 6.07 Å². The number of carbonyl (C=O) groups is 2. The number of carbonyl (C=O) groups excluding carboxylic acids is 2. The van der Waals surface area contributed by atoms with Crippen molar-refractivity contribution in [2.45, 2.75) is 20.0 Å². The highest BCUT2D eigenvalue weighted by Crippen LogP contribution is 2.29. The Morgan fingerprint density at radius 1 is 1.15 bits per heavy atom. The van der Waals surface area contributed by atoms with Crippen LogP contribution in [0.1, 0.15) is 24.2 Å². The Bertz CT molecular complexity index is 901. The summed E-state index contributed by atoms with van der Waals surface area (Å²) < 4.78 is 9.93. The molecule has 0 aliphatic rings. The van der Waals surface area contributed by atoms with Crippen LogP contribution in [0.2, 0.25) is 10.0 Å². The van der Waals surface area contributed by atoms with E-state index in [4.69, 9.17) is 32.7 Å². The van der Waals surface area contributed by atoms with Crippen molar-refractivity contribution in [3.05, 3.63) is 62.1 Å². The van der Waals surface area contributed by atoms with E-state index in [1.807, 2.05) is 0 Å². The van der Waals surface area contributed by atoms with Crippen LogP contribution in [0.25, 0.3) is 0 Å². The van der Waals surface area contributed by atoms with E-state index in [1.54, 1.807) is 13.8 Å². The van der Waals surface area contributed by atoms with E-state index < -0.39 is 23.1 Å². The maximum absolute atomic E-state index is 12.6. The summed E-state index contributed by atoms with van der Waals surface area (Å²) in [5.74, 6) is -0.749. The number of hydrogen-bond acceptors (Lipinski definition) is 6. The van der Waals surface area contributed by atoms with Gasteiger partial charge in [0.15, 0.2) is 0 Å². The summed E-state index contributed by atoms with van der Waals surface area (Å²) in [6.07, 6.45) is -1.38. The van der Waals surface area contributed by atoms with E-state index in [-0.39, 0.29) is 32.7 Å². The molecule has 1 N–H and O–H groups in total. The fourth-order valence-electron chi connectivity index (χ4n) is 1.98. The van der Waals surface area contributed by atoms with Crippen molar-refractivity contribution in [3.63, 3.8) is 0 Å². The summed E-state index contributed by atoms with van der Waals surface area (Å²) >= 11 is 11.9. The summed E-state index contributed by atoms with van der Waals surface area (Å²) in [7, 11) is 0. The molecule has 2 rings (SSSR count). The molecule has 0 saturated heterocycles. The molecular formula is C17H14Cl2N2O6. The molecule has 0 radical (unpaired) electrons. The van der Waals surface area contributed by atoms with Gasteiger partial charge in [-0.05, 0) is 38.1 Å². The maximum atomic E-state index is 12.6. The Morgan fingerprint density at radius 2 is 1.85 bits per heavy atom. The van der Waals surface area contributed by atoms with Crippen LogP contribution in [0, 0.1) is 10.1 Å². The van der Waals surface area contributed by atoms with Gasteiger partial charge in [0.1, 0.15) is 5.75 Å². The molecule has 0 unspecified atom stereocenters. The molecule has 27 heavy (non-hydrogen) atoms. The number of non-ortho nitro benzene ring substituents is 1. The molecule has 0 aliphatic heterocycles. The number of anilines is 1. The van der Waals surface area contributed by atoms with E-state index in [2.05, 4.69) is 5.32 Å². The van der Waals surface area contributed by atoms with Crippen molar-refractivity contribution in [3.8, 4) is 5.75 Å². The molecule has 0 fully saturated rings. The second-order valence-electron chi connectivity index (χ2n) is 5.53. The lowest BCUT2D eigenvalue weighted by atomic mass is 10.1. The number of ether oxygens (including phenoxy) is 2. The van der Waals surface area contributed by atoms with Gasteiger partial charge in [0.25, 0.3) is 11.6 Å². The number of nitrogens with zero attached hydrogens (tertiary/aromatic N) is 1. The molecule has 0 aliphatic carbocycles. The standard InChI is InChI=1S/C17H14Cl2N2O6/c1-9(2)26-17(23)27-15-6-3-10(18)7-12(15)16(22)20-14-5-4-11(21(24)25)8-13(14)19/h3-9H,1-2H3,(H,20,22). The Morgan fingerprint density at radius 3 is 2.44 bits per heavy atom. The van der Waals surface area contributed by atoms with Crippen LogP contribution in [-0.4, -0.2) is 23.1 Å². The topological polar surface area (TPSA) is 108 Å². The van der Waals surface area contributed by atoms with Crippen LogP contribution < -0.4 is 10.1 Å². The van der Waals surface area contributed by atoms with Crippen molar-refractivity contribution in [1.82, 2.24) is 0 Å². The van der Waals surface area contributed by atoms with Gasteiger partial charge < -0.3 is 14.8 Å². The zero-order valence-corrected chi connectivity index (χ0v) is 15.7. The van der Waals surface area contributed by atoms with E-state index in [0.29, 0.717) is 0 Å². The van der Waals surface area contributed by atoms with Crippen LogP contribution in [0.5, 0.6) is 5.75 Å². The second-order valence-corrected chi connectivity index (χ2v) is 6.38. The molecule has 8 nitrogen and oxygen atoms in total. The van der Waals surface area contributed by atoms with Crippen molar-refractivity contribution in [1.29, 1.82) is 0 Å². The van der Waals surface area contributed by atoms with Crippen molar-refractivity contribution in [2.75, 3.05) is 5.32 Å². The number of halogens is 2. The molecule has 142 valence electrons. The lowest BCUT2D eigenvalue weighted by Crippen LogP contribution is -2.19. The quantitative estimate of drug-likeness (QED) is 0.317. The predicted molar refractivity (Wildman–Crippen MR) is 99.8 cm³/mol. The number of rotatable bonds is 5. The van der Waals surface area contributed by atoms with Gasteiger partial charge in [0.2, 0.25) is 0 Å². The zero-order chi connectivity index (χ0) is 20.1. The fraction of sp³-hybridized carbons (Fsp3) is 0.176. The van der Waals surface area contributed by atoms with Crippen molar-refractivity contribution < 1.29 is 24.0 Å². The van der Waals surface area contributed by atoms with Crippen molar-refractivity contribution >= 4 is 46.6 Å². The molecule has 0 atom stereocenters. The SMILES string of the molecule is CC(C)OC(=O)Oc1ccc(Cl)cc1C(=O)Nc1ccc([N+](=O)[O-])cc1Cl. The third kappa shape index (κ3) is 5.57. The van der Waals surface area contributed by atoms with Gasteiger partial charge in [-0.3, -0.25) is 14.9 Å². The molecule has 2 aromatic carbocycles. The maximum Gasteiger partial charge on any atom is 0.514 e. The summed E-state index contributed by atoms with van der Waals surface area (Å²) in [5, 5.41) is 13.5. The third-order valence-corrected chi connectivity index (χ3v) is 3.67. The number of benzene rings is 2. The molecule has 1 amide bonds. The second kappa shape index (κ2) is 8.70. The van der Waals surface area contributed by atoms with Crippen LogP contribution >= 0.6 is 23.2 Å². The van der Waals surface area contributed by atoms with Crippen molar-refractivity contribution in [2.24, 2.45) is 0 Å². The number of hydrogen-bond donors (Lipinski definition) is 1. The highest BCUT2D eigenvalue weighted by Gasteiger charge is 2.19. The van der Waals surface area contributed by atoms with E-state index in [1.165, 1.54) is 30.3 Å². The van der Waals surface area contributed by atoms with Gasteiger partial charge >= 0.3 is 6.16 Å². The number of amides is 1.